The third-order valence-electron chi connectivity index (χ3n) is 3.86. The molecule has 1 heterocycles. The minimum Gasteiger partial charge on any atom is -0.314 e. The molecule has 0 amide bonds. The van der Waals surface area contributed by atoms with Crippen LogP contribution < -0.4 is 5.32 Å². The average molecular weight is 262 g/mol. The second kappa shape index (κ2) is 9.96. The van der Waals surface area contributed by atoms with Crippen LogP contribution in [0.2, 0.25) is 0 Å². The molecule has 0 aromatic carbocycles. The first-order valence-corrected chi connectivity index (χ1v) is 7.92. The van der Waals surface area contributed by atoms with E-state index in [4.69, 9.17) is 0 Å². The highest BCUT2D eigenvalue weighted by Gasteiger charge is 2.14. The summed E-state index contributed by atoms with van der Waals surface area (Å²) in [5.41, 5.74) is 1.35. The Kier molecular flexibility index (Phi) is 8.48. The number of nitrogens with one attached hydrogen (secondary N) is 1. The van der Waals surface area contributed by atoms with Gasteiger partial charge in [0.25, 0.3) is 0 Å². The van der Waals surface area contributed by atoms with Gasteiger partial charge in [0.1, 0.15) is 0 Å². The van der Waals surface area contributed by atoms with Gasteiger partial charge in [0.05, 0.1) is 0 Å². The van der Waals surface area contributed by atoms with Crippen molar-refractivity contribution in [1.82, 2.24) is 10.3 Å². The van der Waals surface area contributed by atoms with E-state index in [2.05, 4.69) is 37.1 Å². The molecule has 1 N–H and O–H groups in total. The van der Waals surface area contributed by atoms with Crippen LogP contribution in [0.25, 0.3) is 0 Å². The number of unbranched alkanes of at least 4 members (excludes halogenated alkanes) is 1. The van der Waals surface area contributed by atoms with Gasteiger partial charge in [-0.25, -0.2) is 0 Å². The zero-order valence-electron chi connectivity index (χ0n) is 12.9. The second-order valence-electron chi connectivity index (χ2n) is 5.47. The molecule has 0 spiro atoms. The van der Waals surface area contributed by atoms with Crippen LogP contribution in [0.5, 0.6) is 0 Å². The van der Waals surface area contributed by atoms with Crippen molar-refractivity contribution in [1.29, 1.82) is 0 Å². The molecule has 1 rings (SSSR count). The van der Waals surface area contributed by atoms with Crippen molar-refractivity contribution in [2.45, 2.75) is 65.3 Å². The fourth-order valence-corrected chi connectivity index (χ4v) is 2.71. The molecule has 1 aromatic rings. The number of hydrogen-bond acceptors (Lipinski definition) is 2. The summed E-state index contributed by atoms with van der Waals surface area (Å²) < 4.78 is 0. The molecule has 1 aromatic heterocycles. The van der Waals surface area contributed by atoms with E-state index < -0.39 is 0 Å². The van der Waals surface area contributed by atoms with Crippen molar-refractivity contribution in [2.24, 2.45) is 5.92 Å². The molecule has 0 bridgehead atoms. The van der Waals surface area contributed by atoms with Crippen molar-refractivity contribution in [3.8, 4) is 0 Å². The van der Waals surface area contributed by atoms with Crippen LogP contribution in [0.15, 0.2) is 24.5 Å². The molecule has 0 fully saturated rings. The van der Waals surface area contributed by atoms with E-state index in [-0.39, 0.29) is 0 Å². The summed E-state index contributed by atoms with van der Waals surface area (Å²) >= 11 is 0. The zero-order valence-corrected chi connectivity index (χ0v) is 12.9. The lowest BCUT2D eigenvalue weighted by molar-refractivity contribution is 0.350. The Balaban J connectivity index is 2.51. The molecular formula is C17H30N2. The summed E-state index contributed by atoms with van der Waals surface area (Å²) in [6.07, 6.45) is 11.6. The van der Waals surface area contributed by atoms with Crippen molar-refractivity contribution in [3.63, 3.8) is 0 Å². The van der Waals surface area contributed by atoms with Gasteiger partial charge in [-0.15, -0.1) is 0 Å². The van der Waals surface area contributed by atoms with Crippen LogP contribution in [0, 0.1) is 5.92 Å². The van der Waals surface area contributed by atoms with Crippen LogP contribution in [0.4, 0.5) is 0 Å². The van der Waals surface area contributed by atoms with E-state index >= 15 is 0 Å². The number of pyridine rings is 1. The van der Waals surface area contributed by atoms with Crippen molar-refractivity contribution in [2.75, 3.05) is 6.54 Å². The summed E-state index contributed by atoms with van der Waals surface area (Å²) in [5, 5.41) is 3.64. The standard InChI is InChI=1S/C17H30N2/c1-4-7-9-15(5-2)12-17(19-6-3)13-16-10-8-11-18-14-16/h8,10-11,14-15,17,19H,4-7,9,12-13H2,1-3H3. The van der Waals surface area contributed by atoms with Gasteiger partial charge in [0.15, 0.2) is 0 Å². The van der Waals surface area contributed by atoms with Gasteiger partial charge in [-0.2, -0.15) is 0 Å². The second-order valence-corrected chi connectivity index (χ2v) is 5.47. The zero-order chi connectivity index (χ0) is 13.9. The molecular weight excluding hydrogens is 232 g/mol. The Bertz CT molecular complexity index is 310. The number of aromatic nitrogens is 1. The lowest BCUT2D eigenvalue weighted by atomic mass is 9.90. The topological polar surface area (TPSA) is 24.9 Å². The first kappa shape index (κ1) is 16.2. The fourth-order valence-electron chi connectivity index (χ4n) is 2.71. The monoisotopic (exact) mass is 262 g/mol. The van der Waals surface area contributed by atoms with Crippen molar-refractivity contribution >= 4 is 0 Å². The van der Waals surface area contributed by atoms with Crippen LogP contribution in [0.1, 0.15) is 58.4 Å². The minimum atomic E-state index is 0.594. The molecule has 0 radical (unpaired) electrons. The van der Waals surface area contributed by atoms with Gasteiger partial charge in [0, 0.05) is 18.4 Å². The molecule has 0 aliphatic rings. The highest BCUT2D eigenvalue weighted by atomic mass is 14.9. The summed E-state index contributed by atoms with van der Waals surface area (Å²) in [6, 6.07) is 4.81. The third-order valence-corrected chi connectivity index (χ3v) is 3.86. The highest BCUT2D eigenvalue weighted by Crippen LogP contribution is 2.20. The Hall–Kier alpha value is -0.890. The predicted octanol–water partition coefficient (Wildman–Crippen LogP) is 4.21. The lowest BCUT2D eigenvalue weighted by Gasteiger charge is -2.23. The van der Waals surface area contributed by atoms with E-state index in [1.165, 1.54) is 37.7 Å². The normalized spacial score (nSPS) is 14.3. The van der Waals surface area contributed by atoms with Gasteiger partial charge in [-0.1, -0.05) is 52.5 Å². The average Bonchev–Trinajstić information content (AvgIpc) is 2.44. The summed E-state index contributed by atoms with van der Waals surface area (Å²) in [6.45, 7) is 7.86. The Morgan fingerprint density at radius 3 is 2.68 bits per heavy atom. The van der Waals surface area contributed by atoms with Crippen LogP contribution in [-0.2, 0) is 6.42 Å². The van der Waals surface area contributed by atoms with Crippen LogP contribution >= 0.6 is 0 Å². The third kappa shape index (κ3) is 6.72. The maximum absolute atomic E-state index is 4.22. The maximum atomic E-state index is 4.22. The molecule has 19 heavy (non-hydrogen) atoms. The molecule has 0 saturated carbocycles. The van der Waals surface area contributed by atoms with Crippen molar-refractivity contribution < 1.29 is 0 Å². The minimum absolute atomic E-state index is 0.594. The van der Waals surface area contributed by atoms with E-state index in [0.717, 1.165) is 18.9 Å². The van der Waals surface area contributed by atoms with Crippen LogP contribution in [0.3, 0.4) is 0 Å². The smallest absolute Gasteiger partial charge is 0.0300 e. The fraction of sp³-hybridized carbons (Fsp3) is 0.706. The number of hydrogen-bond donors (Lipinski definition) is 1. The van der Waals surface area contributed by atoms with E-state index in [9.17, 15) is 0 Å². The Morgan fingerprint density at radius 2 is 2.11 bits per heavy atom. The molecule has 2 atom stereocenters. The first-order chi connectivity index (χ1) is 9.30. The molecule has 2 nitrogen and oxygen atoms in total. The lowest BCUT2D eigenvalue weighted by Crippen LogP contribution is -2.33. The molecule has 2 unspecified atom stereocenters. The number of likely N-dealkylation sites (N-methyl/N-ethyl adjacent to an activating group) is 1. The van der Waals surface area contributed by atoms with Gasteiger partial charge >= 0.3 is 0 Å². The molecule has 108 valence electrons. The van der Waals surface area contributed by atoms with Crippen molar-refractivity contribution in [3.05, 3.63) is 30.1 Å². The maximum Gasteiger partial charge on any atom is 0.0300 e. The highest BCUT2D eigenvalue weighted by molar-refractivity contribution is 5.10. The van der Waals surface area contributed by atoms with Crippen LogP contribution in [-0.4, -0.2) is 17.6 Å². The molecule has 2 heteroatoms. The van der Waals surface area contributed by atoms with E-state index in [0.29, 0.717) is 6.04 Å². The Labute approximate surface area is 119 Å². The number of rotatable bonds is 10. The molecule has 0 aliphatic carbocycles. The summed E-state index contributed by atoms with van der Waals surface area (Å²) in [7, 11) is 0. The largest absolute Gasteiger partial charge is 0.314 e. The quantitative estimate of drug-likeness (QED) is 0.683. The SMILES string of the molecule is CCCCC(CC)CC(Cc1cccnc1)NCC. The van der Waals surface area contributed by atoms with Gasteiger partial charge in [-0.3, -0.25) is 4.98 Å². The van der Waals surface area contributed by atoms with Gasteiger partial charge in [-0.05, 0) is 36.9 Å². The molecule has 0 aliphatic heterocycles. The summed E-state index contributed by atoms with van der Waals surface area (Å²) in [5.74, 6) is 0.862. The van der Waals surface area contributed by atoms with Gasteiger partial charge < -0.3 is 5.32 Å². The van der Waals surface area contributed by atoms with Gasteiger partial charge in [0.2, 0.25) is 0 Å². The summed E-state index contributed by atoms with van der Waals surface area (Å²) in [4.78, 5) is 4.22. The van der Waals surface area contributed by atoms with E-state index in [1.807, 2.05) is 18.5 Å². The number of nitrogens with zero attached hydrogens (tertiary/aromatic N) is 1. The predicted molar refractivity (Wildman–Crippen MR) is 83.3 cm³/mol. The molecule has 0 saturated heterocycles. The first-order valence-electron chi connectivity index (χ1n) is 7.92. The van der Waals surface area contributed by atoms with E-state index in [1.54, 1.807) is 0 Å². The Morgan fingerprint density at radius 1 is 1.26 bits per heavy atom.